The van der Waals surface area contributed by atoms with E-state index in [-0.39, 0.29) is 6.04 Å². The van der Waals surface area contributed by atoms with Crippen molar-refractivity contribution in [1.82, 2.24) is 0 Å². The molecule has 3 N–H and O–H groups in total. The summed E-state index contributed by atoms with van der Waals surface area (Å²) >= 11 is 0. The largest absolute Gasteiger partial charge is 0.481 e. The normalized spacial score (nSPS) is 34.1. The van der Waals surface area contributed by atoms with Crippen LogP contribution in [0.1, 0.15) is 32.1 Å². The van der Waals surface area contributed by atoms with Gasteiger partial charge in [0.15, 0.2) is 0 Å². The first-order valence-electron chi connectivity index (χ1n) is 4.70. The highest BCUT2D eigenvalue weighted by atomic mass is 16.4. The third-order valence-electron chi connectivity index (χ3n) is 2.98. The van der Waals surface area contributed by atoms with Crippen LogP contribution in [0.4, 0.5) is 0 Å². The predicted molar refractivity (Wildman–Crippen MR) is 51.3 cm³/mol. The zero-order chi connectivity index (χ0) is 9.90. The first kappa shape index (κ1) is 10.3. The molecule has 0 saturated heterocycles. The smallest absolute Gasteiger partial charge is 0.309 e. The Kier molecular flexibility index (Phi) is 3.09. The van der Waals surface area contributed by atoms with Crippen LogP contribution in [0.25, 0.3) is 0 Å². The van der Waals surface area contributed by atoms with Gasteiger partial charge in [0.25, 0.3) is 0 Å². The monoisotopic (exact) mass is 183 g/mol. The summed E-state index contributed by atoms with van der Waals surface area (Å²) in [7, 11) is 0. The summed E-state index contributed by atoms with van der Waals surface area (Å²) in [6.45, 7) is 3.61. The van der Waals surface area contributed by atoms with Crippen molar-refractivity contribution in [2.45, 2.75) is 38.1 Å². The SMILES string of the molecule is C=CCC1(C(=O)O)CCC(N)CC1. The molecule has 1 fully saturated rings. The van der Waals surface area contributed by atoms with Crippen molar-refractivity contribution >= 4 is 5.97 Å². The third kappa shape index (κ3) is 2.10. The summed E-state index contributed by atoms with van der Waals surface area (Å²) in [5.74, 6) is -0.695. The van der Waals surface area contributed by atoms with E-state index in [1.54, 1.807) is 6.08 Å². The topological polar surface area (TPSA) is 63.3 Å². The highest BCUT2D eigenvalue weighted by Gasteiger charge is 2.39. The van der Waals surface area contributed by atoms with Gasteiger partial charge in [-0.2, -0.15) is 0 Å². The minimum Gasteiger partial charge on any atom is -0.481 e. The summed E-state index contributed by atoms with van der Waals surface area (Å²) in [5.41, 5.74) is 5.16. The molecule has 0 aromatic heterocycles. The highest BCUT2D eigenvalue weighted by molar-refractivity contribution is 5.75. The van der Waals surface area contributed by atoms with Crippen LogP contribution >= 0.6 is 0 Å². The molecule has 0 amide bonds. The molecular weight excluding hydrogens is 166 g/mol. The molecule has 0 spiro atoms. The summed E-state index contributed by atoms with van der Waals surface area (Å²) in [6, 6.07) is 0.192. The minimum atomic E-state index is -0.695. The Balaban J connectivity index is 2.68. The fraction of sp³-hybridized carbons (Fsp3) is 0.700. The standard InChI is InChI=1S/C10H17NO2/c1-2-5-10(9(12)13)6-3-8(11)4-7-10/h2,8H,1,3-7,11H2,(H,12,13). The second-order valence-electron chi connectivity index (χ2n) is 3.92. The summed E-state index contributed by atoms with van der Waals surface area (Å²) < 4.78 is 0. The maximum atomic E-state index is 11.1. The lowest BCUT2D eigenvalue weighted by Crippen LogP contribution is -2.39. The van der Waals surface area contributed by atoms with Gasteiger partial charge in [-0.05, 0) is 32.1 Å². The molecular formula is C10H17NO2. The minimum absolute atomic E-state index is 0.192. The molecule has 74 valence electrons. The number of nitrogens with two attached hydrogens (primary N) is 1. The number of hydrogen-bond donors (Lipinski definition) is 2. The van der Waals surface area contributed by atoms with E-state index in [9.17, 15) is 4.79 Å². The van der Waals surface area contributed by atoms with Gasteiger partial charge in [-0.25, -0.2) is 0 Å². The predicted octanol–water partition coefficient (Wildman–Crippen LogP) is 1.53. The Labute approximate surface area is 78.6 Å². The van der Waals surface area contributed by atoms with E-state index in [1.807, 2.05) is 0 Å². The zero-order valence-corrected chi connectivity index (χ0v) is 7.83. The zero-order valence-electron chi connectivity index (χ0n) is 7.83. The van der Waals surface area contributed by atoms with Gasteiger partial charge in [0.2, 0.25) is 0 Å². The van der Waals surface area contributed by atoms with Gasteiger partial charge >= 0.3 is 5.97 Å². The van der Waals surface area contributed by atoms with Gasteiger partial charge in [-0.1, -0.05) is 6.08 Å². The van der Waals surface area contributed by atoms with Gasteiger partial charge < -0.3 is 10.8 Å². The van der Waals surface area contributed by atoms with Crippen molar-refractivity contribution in [2.24, 2.45) is 11.1 Å². The van der Waals surface area contributed by atoms with Gasteiger partial charge in [0, 0.05) is 6.04 Å². The number of aliphatic carboxylic acids is 1. The van der Waals surface area contributed by atoms with E-state index < -0.39 is 11.4 Å². The average molecular weight is 183 g/mol. The Bertz CT molecular complexity index is 205. The molecule has 0 aromatic carbocycles. The Hall–Kier alpha value is -0.830. The Morgan fingerprint density at radius 2 is 2.15 bits per heavy atom. The van der Waals surface area contributed by atoms with Crippen molar-refractivity contribution < 1.29 is 9.90 Å². The van der Waals surface area contributed by atoms with Crippen molar-refractivity contribution in [3.8, 4) is 0 Å². The number of allylic oxidation sites excluding steroid dienone is 1. The summed E-state index contributed by atoms with van der Waals surface area (Å²) in [5, 5.41) is 9.12. The molecule has 1 aliphatic carbocycles. The van der Waals surface area contributed by atoms with Crippen LogP contribution in [0.2, 0.25) is 0 Å². The maximum absolute atomic E-state index is 11.1. The van der Waals surface area contributed by atoms with E-state index in [0.29, 0.717) is 19.3 Å². The van der Waals surface area contributed by atoms with Crippen LogP contribution in [-0.4, -0.2) is 17.1 Å². The molecule has 13 heavy (non-hydrogen) atoms. The van der Waals surface area contributed by atoms with Crippen LogP contribution in [0.5, 0.6) is 0 Å². The highest BCUT2D eigenvalue weighted by Crippen LogP contribution is 2.39. The maximum Gasteiger partial charge on any atom is 0.309 e. The van der Waals surface area contributed by atoms with E-state index in [2.05, 4.69) is 6.58 Å². The van der Waals surface area contributed by atoms with Crippen LogP contribution in [0, 0.1) is 5.41 Å². The molecule has 0 aromatic rings. The number of hydrogen-bond acceptors (Lipinski definition) is 2. The van der Waals surface area contributed by atoms with Crippen LogP contribution in [0.3, 0.4) is 0 Å². The fourth-order valence-corrected chi connectivity index (χ4v) is 1.97. The van der Waals surface area contributed by atoms with E-state index >= 15 is 0 Å². The molecule has 0 heterocycles. The number of rotatable bonds is 3. The van der Waals surface area contributed by atoms with E-state index in [1.165, 1.54) is 0 Å². The quantitative estimate of drug-likeness (QED) is 0.652. The molecule has 3 nitrogen and oxygen atoms in total. The fourth-order valence-electron chi connectivity index (χ4n) is 1.97. The number of carboxylic acid groups (broad SMARTS) is 1. The third-order valence-corrected chi connectivity index (χ3v) is 2.98. The first-order valence-corrected chi connectivity index (χ1v) is 4.70. The van der Waals surface area contributed by atoms with Gasteiger partial charge in [0.05, 0.1) is 5.41 Å². The van der Waals surface area contributed by atoms with E-state index in [0.717, 1.165) is 12.8 Å². The second-order valence-corrected chi connectivity index (χ2v) is 3.92. The number of carboxylic acids is 1. The lowest BCUT2D eigenvalue weighted by molar-refractivity contribution is -0.151. The lowest BCUT2D eigenvalue weighted by atomic mass is 9.70. The molecule has 1 aliphatic rings. The lowest BCUT2D eigenvalue weighted by Gasteiger charge is -2.34. The molecule has 0 unspecified atom stereocenters. The van der Waals surface area contributed by atoms with Crippen molar-refractivity contribution in [3.05, 3.63) is 12.7 Å². The first-order chi connectivity index (χ1) is 6.10. The molecule has 0 radical (unpaired) electrons. The molecule has 0 bridgehead atoms. The van der Waals surface area contributed by atoms with E-state index in [4.69, 9.17) is 10.8 Å². The number of carbonyl (C=O) groups is 1. The van der Waals surface area contributed by atoms with Crippen LogP contribution in [-0.2, 0) is 4.79 Å². The summed E-state index contributed by atoms with van der Waals surface area (Å²) in [4.78, 5) is 11.1. The van der Waals surface area contributed by atoms with Gasteiger partial charge in [0.1, 0.15) is 0 Å². The Morgan fingerprint density at radius 3 is 2.54 bits per heavy atom. The Morgan fingerprint density at radius 1 is 1.62 bits per heavy atom. The van der Waals surface area contributed by atoms with Crippen molar-refractivity contribution in [2.75, 3.05) is 0 Å². The molecule has 0 atom stereocenters. The average Bonchev–Trinajstić information content (AvgIpc) is 2.09. The van der Waals surface area contributed by atoms with Crippen molar-refractivity contribution in [1.29, 1.82) is 0 Å². The van der Waals surface area contributed by atoms with Crippen LogP contribution < -0.4 is 5.73 Å². The molecule has 3 heteroatoms. The molecule has 0 aliphatic heterocycles. The van der Waals surface area contributed by atoms with Crippen molar-refractivity contribution in [3.63, 3.8) is 0 Å². The molecule has 1 saturated carbocycles. The second kappa shape index (κ2) is 3.92. The molecule has 1 rings (SSSR count). The van der Waals surface area contributed by atoms with Gasteiger partial charge in [-0.15, -0.1) is 6.58 Å². The van der Waals surface area contributed by atoms with Gasteiger partial charge in [-0.3, -0.25) is 4.79 Å². The summed E-state index contributed by atoms with van der Waals surface area (Å²) in [6.07, 6.45) is 5.28. The van der Waals surface area contributed by atoms with Crippen LogP contribution in [0.15, 0.2) is 12.7 Å².